The number of anilines is 1. The first-order valence-corrected chi connectivity index (χ1v) is 9.26. The van der Waals surface area contributed by atoms with E-state index >= 15 is 0 Å². The van der Waals surface area contributed by atoms with Crippen LogP contribution in [0.25, 0.3) is 6.08 Å². The summed E-state index contributed by atoms with van der Waals surface area (Å²) in [5.41, 5.74) is 0.972. The van der Waals surface area contributed by atoms with Crippen LogP contribution in [0.3, 0.4) is 0 Å². The molecule has 0 bridgehead atoms. The highest BCUT2D eigenvalue weighted by Crippen LogP contribution is 2.29. The lowest BCUT2D eigenvalue weighted by atomic mass is 10.2. The lowest BCUT2D eigenvalue weighted by Crippen LogP contribution is -2.09. The first-order valence-electron chi connectivity index (χ1n) is 8.88. The van der Waals surface area contributed by atoms with Crippen LogP contribution in [0.5, 0.6) is 17.2 Å². The van der Waals surface area contributed by atoms with Crippen molar-refractivity contribution in [2.75, 3.05) is 46.0 Å². The van der Waals surface area contributed by atoms with Crippen molar-refractivity contribution in [1.82, 2.24) is 0 Å². The van der Waals surface area contributed by atoms with E-state index in [0.717, 1.165) is 5.56 Å². The number of halogens is 1. The Labute approximate surface area is 174 Å². The third-order valence-corrected chi connectivity index (χ3v) is 3.94. The van der Waals surface area contributed by atoms with E-state index in [0.29, 0.717) is 42.9 Å². The van der Waals surface area contributed by atoms with E-state index in [2.05, 4.69) is 5.32 Å². The number of carbonyl (C=O) groups is 1. The summed E-state index contributed by atoms with van der Waals surface area (Å²) < 4.78 is 21.4. The lowest BCUT2D eigenvalue weighted by molar-refractivity contribution is -0.111. The predicted octanol–water partition coefficient (Wildman–Crippen LogP) is 3.75. The Morgan fingerprint density at radius 2 is 1.69 bits per heavy atom. The van der Waals surface area contributed by atoms with Gasteiger partial charge in [-0.2, -0.15) is 0 Å². The molecule has 2 N–H and O–H groups in total. The normalized spacial score (nSPS) is 10.9. The van der Waals surface area contributed by atoms with Crippen LogP contribution < -0.4 is 14.8 Å². The minimum atomic E-state index is -0.412. The fourth-order valence-corrected chi connectivity index (χ4v) is 2.46. The summed E-state index contributed by atoms with van der Waals surface area (Å²) in [5, 5.41) is 12.8. The Balaban J connectivity index is 2.08. The molecule has 0 aliphatic rings. The summed E-state index contributed by atoms with van der Waals surface area (Å²) in [4.78, 5) is 12.1. The van der Waals surface area contributed by atoms with Crippen molar-refractivity contribution in [2.24, 2.45) is 0 Å². The molecule has 0 aromatic heterocycles. The van der Waals surface area contributed by atoms with Gasteiger partial charge in [0.25, 0.3) is 0 Å². The average molecular weight is 422 g/mol. The third-order valence-electron chi connectivity index (χ3n) is 3.70. The lowest BCUT2D eigenvalue weighted by Gasteiger charge is -2.13. The second-order valence-corrected chi connectivity index (χ2v) is 6.31. The van der Waals surface area contributed by atoms with Gasteiger partial charge in [0.2, 0.25) is 5.91 Å². The number of amides is 1. The van der Waals surface area contributed by atoms with Gasteiger partial charge in [-0.15, -0.1) is 0 Å². The molecular weight excluding hydrogens is 398 g/mol. The Morgan fingerprint density at radius 1 is 1.00 bits per heavy atom. The Bertz CT molecular complexity index is 840. The molecule has 0 saturated heterocycles. The number of benzene rings is 2. The van der Waals surface area contributed by atoms with Crippen LogP contribution in [0.4, 0.5) is 5.69 Å². The number of phenols is 1. The number of aromatic hydroxyl groups is 1. The Morgan fingerprint density at radius 3 is 2.38 bits per heavy atom. The quantitative estimate of drug-likeness (QED) is 0.326. The van der Waals surface area contributed by atoms with E-state index in [-0.39, 0.29) is 11.4 Å². The molecule has 2 aromatic rings. The maximum Gasteiger partial charge on any atom is 0.248 e. The van der Waals surface area contributed by atoms with Crippen LogP contribution in [0.1, 0.15) is 5.56 Å². The number of rotatable bonds is 11. The molecule has 0 aliphatic heterocycles. The second kappa shape index (κ2) is 12.0. The monoisotopic (exact) mass is 421 g/mol. The van der Waals surface area contributed by atoms with Gasteiger partial charge < -0.3 is 29.4 Å². The molecule has 8 heteroatoms. The number of methoxy groups -OCH3 is 2. The van der Waals surface area contributed by atoms with Crippen LogP contribution in [-0.2, 0) is 14.3 Å². The van der Waals surface area contributed by atoms with Crippen molar-refractivity contribution in [3.05, 3.63) is 53.1 Å². The number of carbonyl (C=O) groups excluding carboxylic acids is 1. The fraction of sp³-hybridized carbons (Fsp3) is 0.286. The molecule has 2 aromatic carbocycles. The number of phenolic OH excluding ortho intramolecular Hbond substituents is 1. The molecule has 0 unspecified atom stereocenters. The van der Waals surface area contributed by atoms with E-state index in [1.807, 2.05) is 0 Å². The smallest absolute Gasteiger partial charge is 0.248 e. The van der Waals surface area contributed by atoms with Crippen LogP contribution in [-0.4, -0.2) is 51.7 Å². The van der Waals surface area contributed by atoms with Gasteiger partial charge in [-0.05, 0) is 42.0 Å². The molecule has 156 valence electrons. The summed E-state index contributed by atoms with van der Waals surface area (Å²) in [6.45, 7) is 1.63. The van der Waals surface area contributed by atoms with Gasteiger partial charge in [-0.3, -0.25) is 4.79 Å². The maximum absolute atomic E-state index is 12.1. The third kappa shape index (κ3) is 7.65. The van der Waals surface area contributed by atoms with Crippen LogP contribution in [0.15, 0.2) is 42.5 Å². The summed E-state index contributed by atoms with van der Waals surface area (Å²) in [7, 11) is 3.19. The number of ether oxygens (including phenoxy) is 4. The summed E-state index contributed by atoms with van der Waals surface area (Å²) >= 11 is 5.88. The predicted molar refractivity (Wildman–Crippen MR) is 112 cm³/mol. The van der Waals surface area contributed by atoms with Crippen molar-refractivity contribution in [3.63, 3.8) is 0 Å². The van der Waals surface area contributed by atoms with Crippen molar-refractivity contribution in [3.8, 4) is 17.2 Å². The van der Waals surface area contributed by atoms with Gasteiger partial charge in [-0.1, -0.05) is 17.7 Å². The minimum absolute atomic E-state index is 0.0671. The van der Waals surface area contributed by atoms with Gasteiger partial charge in [0.15, 0.2) is 11.5 Å². The molecule has 29 heavy (non-hydrogen) atoms. The molecule has 2 rings (SSSR count). The SMILES string of the molecule is COCCOc1ccc(/C=C/C(=O)Nc2cc(Cl)ccc2O)cc1OCCOC. The molecule has 0 radical (unpaired) electrons. The van der Waals surface area contributed by atoms with Gasteiger partial charge in [-0.25, -0.2) is 0 Å². The number of hydrogen-bond donors (Lipinski definition) is 2. The largest absolute Gasteiger partial charge is 0.506 e. The molecule has 0 atom stereocenters. The highest BCUT2D eigenvalue weighted by molar-refractivity contribution is 6.31. The second-order valence-electron chi connectivity index (χ2n) is 5.87. The molecule has 0 aliphatic carbocycles. The fourth-order valence-electron chi connectivity index (χ4n) is 2.28. The number of hydrogen-bond acceptors (Lipinski definition) is 6. The van der Waals surface area contributed by atoms with Crippen LogP contribution in [0, 0.1) is 0 Å². The van der Waals surface area contributed by atoms with Gasteiger partial charge >= 0.3 is 0 Å². The first-order chi connectivity index (χ1) is 14.0. The Hall–Kier alpha value is -2.74. The minimum Gasteiger partial charge on any atom is -0.506 e. The molecule has 0 heterocycles. The highest BCUT2D eigenvalue weighted by Gasteiger charge is 2.08. The van der Waals surface area contributed by atoms with Crippen molar-refractivity contribution < 1.29 is 28.8 Å². The zero-order valence-electron chi connectivity index (χ0n) is 16.3. The van der Waals surface area contributed by atoms with Gasteiger partial charge in [0.1, 0.15) is 19.0 Å². The molecule has 0 spiro atoms. The first kappa shape index (κ1) is 22.5. The van der Waals surface area contributed by atoms with Crippen LogP contribution >= 0.6 is 11.6 Å². The molecule has 0 fully saturated rings. The standard InChI is InChI=1S/C21H24ClNO6/c1-26-9-11-28-19-7-3-15(13-20(19)29-12-10-27-2)4-8-21(25)23-17-14-16(22)5-6-18(17)24/h3-8,13-14,24H,9-12H2,1-2H3,(H,23,25)/b8-4+. The highest BCUT2D eigenvalue weighted by atomic mass is 35.5. The van der Waals surface area contributed by atoms with Gasteiger partial charge in [0, 0.05) is 25.3 Å². The van der Waals surface area contributed by atoms with E-state index in [1.54, 1.807) is 38.5 Å². The van der Waals surface area contributed by atoms with Gasteiger partial charge in [0.05, 0.1) is 18.9 Å². The van der Waals surface area contributed by atoms with Crippen LogP contribution in [0.2, 0.25) is 5.02 Å². The zero-order valence-corrected chi connectivity index (χ0v) is 17.1. The average Bonchev–Trinajstić information content (AvgIpc) is 2.71. The summed E-state index contributed by atoms with van der Waals surface area (Å²) in [5.74, 6) is 0.629. The van der Waals surface area contributed by atoms with Crippen molar-refractivity contribution in [1.29, 1.82) is 0 Å². The van der Waals surface area contributed by atoms with E-state index in [4.69, 9.17) is 30.5 Å². The molecule has 0 saturated carbocycles. The van der Waals surface area contributed by atoms with E-state index < -0.39 is 5.91 Å². The molecule has 7 nitrogen and oxygen atoms in total. The van der Waals surface area contributed by atoms with E-state index in [9.17, 15) is 9.90 Å². The van der Waals surface area contributed by atoms with Crippen molar-refractivity contribution in [2.45, 2.75) is 0 Å². The van der Waals surface area contributed by atoms with Crippen molar-refractivity contribution >= 4 is 29.3 Å². The Kier molecular flexibility index (Phi) is 9.30. The molecule has 1 amide bonds. The van der Waals surface area contributed by atoms with E-state index in [1.165, 1.54) is 24.3 Å². The topological polar surface area (TPSA) is 86.3 Å². The maximum atomic E-state index is 12.1. The zero-order chi connectivity index (χ0) is 21.1. The molecular formula is C21H24ClNO6. The summed E-state index contributed by atoms with van der Waals surface area (Å²) in [6.07, 6.45) is 2.97. The summed E-state index contributed by atoms with van der Waals surface area (Å²) in [6, 6.07) is 9.73. The number of nitrogens with one attached hydrogen (secondary N) is 1.